The first kappa shape index (κ1) is 8.71. The van der Waals surface area contributed by atoms with Gasteiger partial charge in [-0.05, 0) is 19.4 Å². The van der Waals surface area contributed by atoms with Crippen LogP contribution < -0.4 is 4.74 Å². The molecule has 0 atom stereocenters. The van der Waals surface area contributed by atoms with Crippen molar-refractivity contribution in [3.8, 4) is 5.75 Å². The summed E-state index contributed by atoms with van der Waals surface area (Å²) >= 11 is 0. The summed E-state index contributed by atoms with van der Waals surface area (Å²) < 4.78 is 5.10. The molecular weight excluding hydrogens is 152 g/mol. The molecule has 1 rings (SSSR count). The molecular formula is C9H12N2O. The Hall–Kier alpha value is -1.38. The number of hydrogen-bond donors (Lipinski definition) is 0. The highest BCUT2D eigenvalue weighted by atomic mass is 16.5. The van der Waals surface area contributed by atoms with Gasteiger partial charge in [-0.3, -0.25) is 0 Å². The Kier molecular flexibility index (Phi) is 2.80. The monoisotopic (exact) mass is 164 g/mol. The highest BCUT2D eigenvalue weighted by Crippen LogP contribution is 2.20. The molecule has 0 unspecified atom stereocenters. The summed E-state index contributed by atoms with van der Waals surface area (Å²) in [5.41, 5.74) is 1.95. The van der Waals surface area contributed by atoms with E-state index in [1.807, 2.05) is 19.9 Å². The lowest BCUT2D eigenvalue weighted by Crippen LogP contribution is -1.93. The molecule has 3 nitrogen and oxygen atoms in total. The first-order valence-corrected chi connectivity index (χ1v) is 3.77. The summed E-state index contributed by atoms with van der Waals surface area (Å²) in [4.78, 5) is 7.99. The molecule has 0 aromatic carbocycles. The molecule has 3 heteroatoms. The van der Waals surface area contributed by atoms with Crippen LogP contribution in [0.5, 0.6) is 5.75 Å². The molecule has 12 heavy (non-hydrogen) atoms. The zero-order valence-corrected chi connectivity index (χ0v) is 7.53. The van der Waals surface area contributed by atoms with E-state index in [9.17, 15) is 0 Å². The van der Waals surface area contributed by atoms with Gasteiger partial charge in [0.25, 0.3) is 0 Å². The Balaban J connectivity index is 3.13. The fraction of sp³-hybridized carbons (Fsp3) is 0.333. The maximum atomic E-state index is 5.10. The molecule has 0 aliphatic rings. The Morgan fingerprint density at radius 2 is 2.33 bits per heavy atom. The van der Waals surface area contributed by atoms with Crippen LogP contribution in [0.1, 0.15) is 19.5 Å². The number of aromatic nitrogens is 2. The van der Waals surface area contributed by atoms with Gasteiger partial charge in [0.1, 0.15) is 12.0 Å². The predicted molar refractivity (Wildman–Crippen MR) is 47.9 cm³/mol. The minimum atomic E-state index is 0.716. The van der Waals surface area contributed by atoms with Crippen LogP contribution in [0.2, 0.25) is 0 Å². The highest BCUT2D eigenvalue weighted by Gasteiger charge is 2.03. The molecule has 1 aromatic rings. The van der Waals surface area contributed by atoms with E-state index in [1.165, 1.54) is 6.33 Å². The molecule has 0 spiro atoms. The third-order valence-electron chi connectivity index (χ3n) is 1.71. The van der Waals surface area contributed by atoms with Gasteiger partial charge in [-0.25, -0.2) is 9.97 Å². The first-order valence-electron chi connectivity index (χ1n) is 3.77. The van der Waals surface area contributed by atoms with Crippen molar-refractivity contribution in [2.45, 2.75) is 13.8 Å². The van der Waals surface area contributed by atoms with Crippen LogP contribution >= 0.6 is 0 Å². The molecule has 0 radical (unpaired) electrons. The third kappa shape index (κ3) is 1.61. The Morgan fingerprint density at radius 3 is 2.92 bits per heavy atom. The molecule has 0 fully saturated rings. The van der Waals surface area contributed by atoms with E-state index in [2.05, 4.69) is 9.97 Å². The van der Waals surface area contributed by atoms with E-state index in [4.69, 9.17) is 4.74 Å². The van der Waals surface area contributed by atoms with Crippen molar-refractivity contribution in [1.82, 2.24) is 9.97 Å². The van der Waals surface area contributed by atoms with E-state index in [0.717, 1.165) is 11.3 Å². The lowest BCUT2D eigenvalue weighted by molar-refractivity contribution is 0.409. The van der Waals surface area contributed by atoms with E-state index < -0.39 is 0 Å². The maximum Gasteiger partial charge on any atom is 0.163 e. The van der Waals surface area contributed by atoms with Gasteiger partial charge in [0.2, 0.25) is 0 Å². The third-order valence-corrected chi connectivity index (χ3v) is 1.71. The summed E-state index contributed by atoms with van der Waals surface area (Å²) in [6, 6.07) is 0. The van der Waals surface area contributed by atoms with Crippen molar-refractivity contribution in [3.63, 3.8) is 0 Å². The van der Waals surface area contributed by atoms with Gasteiger partial charge in [-0.1, -0.05) is 6.08 Å². The molecule has 0 saturated carbocycles. The van der Waals surface area contributed by atoms with Crippen LogP contribution in [-0.4, -0.2) is 17.1 Å². The van der Waals surface area contributed by atoms with Crippen molar-refractivity contribution in [2.75, 3.05) is 7.11 Å². The molecule has 0 N–H and O–H groups in total. The quantitative estimate of drug-likeness (QED) is 0.669. The first-order chi connectivity index (χ1) is 5.79. The largest absolute Gasteiger partial charge is 0.493 e. The minimum absolute atomic E-state index is 0.716. The van der Waals surface area contributed by atoms with Crippen molar-refractivity contribution in [1.29, 1.82) is 0 Å². The van der Waals surface area contributed by atoms with Crippen LogP contribution in [0.25, 0.3) is 5.57 Å². The minimum Gasteiger partial charge on any atom is -0.493 e. The van der Waals surface area contributed by atoms with Crippen molar-refractivity contribution >= 4 is 5.57 Å². The Morgan fingerprint density at radius 1 is 1.58 bits per heavy atom. The van der Waals surface area contributed by atoms with Crippen molar-refractivity contribution < 1.29 is 4.74 Å². The van der Waals surface area contributed by atoms with Gasteiger partial charge in [0, 0.05) is 0 Å². The van der Waals surface area contributed by atoms with Gasteiger partial charge in [0.15, 0.2) is 5.75 Å². The maximum absolute atomic E-state index is 5.10. The van der Waals surface area contributed by atoms with Gasteiger partial charge in [-0.15, -0.1) is 0 Å². The molecule has 1 aromatic heterocycles. The van der Waals surface area contributed by atoms with E-state index in [0.29, 0.717) is 5.75 Å². The second-order valence-corrected chi connectivity index (χ2v) is 2.41. The average Bonchev–Trinajstić information content (AvgIpc) is 2.16. The molecule has 0 bridgehead atoms. The fourth-order valence-corrected chi connectivity index (χ4v) is 0.899. The van der Waals surface area contributed by atoms with Crippen LogP contribution in [0.4, 0.5) is 0 Å². The summed E-state index contributed by atoms with van der Waals surface area (Å²) in [5.74, 6) is 0.716. The lowest BCUT2D eigenvalue weighted by atomic mass is 10.2. The molecule has 0 aliphatic heterocycles. The molecule has 1 heterocycles. The number of rotatable bonds is 2. The smallest absolute Gasteiger partial charge is 0.163 e. The summed E-state index contributed by atoms with van der Waals surface area (Å²) in [6.45, 7) is 3.96. The van der Waals surface area contributed by atoms with Crippen LogP contribution in [-0.2, 0) is 0 Å². The van der Waals surface area contributed by atoms with Crippen LogP contribution in [0.15, 0.2) is 18.6 Å². The molecule has 0 saturated heterocycles. The van der Waals surface area contributed by atoms with Crippen LogP contribution in [0.3, 0.4) is 0 Å². The van der Waals surface area contributed by atoms with Gasteiger partial charge in [0.05, 0.1) is 13.3 Å². The summed E-state index contributed by atoms with van der Waals surface area (Å²) in [7, 11) is 1.62. The predicted octanol–water partition coefficient (Wildman–Crippen LogP) is 1.91. The van der Waals surface area contributed by atoms with E-state index in [-0.39, 0.29) is 0 Å². The summed E-state index contributed by atoms with van der Waals surface area (Å²) in [5, 5.41) is 0. The summed E-state index contributed by atoms with van der Waals surface area (Å²) in [6.07, 6.45) is 5.17. The number of ether oxygens (including phenoxy) is 1. The second-order valence-electron chi connectivity index (χ2n) is 2.41. The molecule has 64 valence electrons. The second kappa shape index (κ2) is 3.85. The normalized spacial score (nSPS) is 11.4. The standard InChI is InChI=1S/C9H12N2O/c1-4-7(2)9-8(12-3)5-10-6-11-9/h4-6H,1-3H3/b7-4-. The molecule has 0 aliphatic carbocycles. The number of allylic oxidation sites excluding steroid dienone is 2. The van der Waals surface area contributed by atoms with E-state index >= 15 is 0 Å². The number of hydrogen-bond acceptors (Lipinski definition) is 3. The van der Waals surface area contributed by atoms with Crippen LogP contribution in [0, 0.1) is 0 Å². The zero-order valence-electron chi connectivity index (χ0n) is 7.53. The highest BCUT2D eigenvalue weighted by molar-refractivity contribution is 5.64. The van der Waals surface area contributed by atoms with Crippen molar-refractivity contribution in [3.05, 3.63) is 24.3 Å². The van der Waals surface area contributed by atoms with Crippen molar-refractivity contribution in [2.24, 2.45) is 0 Å². The zero-order chi connectivity index (χ0) is 8.97. The Bertz CT molecular complexity index is 294. The lowest BCUT2D eigenvalue weighted by Gasteiger charge is -2.05. The van der Waals surface area contributed by atoms with Gasteiger partial charge < -0.3 is 4.74 Å². The fourth-order valence-electron chi connectivity index (χ4n) is 0.899. The van der Waals surface area contributed by atoms with Gasteiger partial charge in [-0.2, -0.15) is 0 Å². The number of nitrogens with zero attached hydrogens (tertiary/aromatic N) is 2. The van der Waals surface area contributed by atoms with E-state index in [1.54, 1.807) is 13.3 Å². The Labute approximate surface area is 72.1 Å². The average molecular weight is 164 g/mol. The van der Waals surface area contributed by atoms with Gasteiger partial charge >= 0.3 is 0 Å². The molecule has 0 amide bonds. The topological polar surface area (TPSA) is 35.0 Å². The number of methoxy groups -OCH3 is 1. The SMILES string of the molecule is C/C=C(/C)c1ncncc1OC.